The van der Waals surface area contributed by atoms with E-state index in [4.69, 9.17) is 14.2 Å². The van der Waals surface area contributed by atoms with Gasteiger partial charge < -0.3 is 19.3 Å². The molecule has 3 unspecified atom stereocenters. The summed E-state index contributed by atoms with van der Waals surface area (Å²) in [5.74, 6) is -1.29. The second-order valence-electron chi connectivity index (χ2n) is 7.82. The molecule has 0 amide bonds. The number of carboxylic acids is 1. The summed E-state index contributed by atoms with van der Waals surface area (Å²) >= 11 is 0. The van der Waals surface area contributed by atoms with Gasteiger partial charge in [0.1, 0.15) is 11.4 Å². The van der Waals surface area contributed by atoms with Gasteiger partial charge in [0.15, 0.2) is 6.10 Å². The van der Waals surface area contributed by atoms with Gasteiger partial charge in [-0.25, -0.2) is 9.59 Å². The van der Waals surface area contributed by atoms with Crippen molar-refractivity contribution in [3.8, 4) is 5.75 Å². The molecule has 2 N–H and O–H groups in total. The van der Waals surface area contributed by atoms with Gasteiger partial charge in [0, 0.05) is 5.56 Å². The summed E-state index contributed by atoms with van der Waals surface area (Å²) in [5.41, 5.74) is -1.44. The lowest BCUT2D eigenvalue weighted by molar-refractivity contribution is -0.189. The molecule has 1 aliphatic heterocycles. The summed E-state index contributed by atoms with van der Waals surface area (Å²) in [6, 6.07) is 14.9. The van der Waals surface area contributed by atoms with Gasteiger partial charge in [-0.1, -0.05) is 42.5 Å². The van der Waals surface area contributed by atoms with Gasteiger partial charge in [-0.15, -0.1) is 0 Å². The van der Waals surface area contributed by atoms with E-state index in [-0.39, 0.29) is 0 Å². The van der Waals surface area contributed by atoms with E-state index < -0.39 is 35.4 Å². The summed E-state index contributed by atoms with van der Waals surface area (Å²) in [5, 5.41) is 12.9. The predicted octanol–water partition coefficient (Wildman–Crippen LogP) is 3.00. The molecule has 0 radical (unpaired) electrons. The molecular formula is C22H25NO6. The van der Waals surface area contributed by atoms with Crippen LogP contribution in [0.1, 0.15) is 37.9 Å². The number of rotatable bonds is 5. The van der Waals surface area contributed by atoms with E-state index >= 15 is 0 Å². The van der Waals surface area contributed by atoms with E-state index in [2.05, 4.69) is 5.32 Å². The summed E-state index contributed by atoms with van der Waals surface area (Å²) < 4.78 is 16.7. The average molecular weight is 399 g/mol. The second-order valence-corrected chi connectivity index (χ2v) is 7.82. The number of esters is 1. The first kappa shape index (κ1) is 20.8. The molecule has 0 bridgehead atoms. The lowest BCUT2D eigenvalue weighted by Crippen LogP contribution is -2.49. The summed E-state index contributed by atoms with van der Waals surface area (Å²) in [6.07, 6.45) is -1.29. The number of methoxy groups -OCH3 is 1. The van der Waals surface area contributed by atoms with Gasteiger partial charge in [0.2, 0.25) is 5.72 Å². The highest BCUT2D eigenvalue weighted by Gasteiger charge is 2.57. The standard InChI is InChI=1S/C22H25NO6/c1-21(2,3)29-20(26)22(15-10-12-16(27-4)13-11-15)23-17(18(28-22)19(24)25)14-8-6-5-7-9-14/h5-13,17-18,23H,1-4H3,(H,24,25). The molecule has 154 valence electrons. The van der Waals surface area contributed by atoms with Crippen molar-refractivity contribution < 1.29 is 28.9 Å². The fourth-order valence-electron chi connectivity index (χ4n) is 3.25. The van der Waals surface area contributed by atoms with Crippen LogP contribution in [0.25, 0.3) is 0 Å². The number of nitrogens with one attached hydrogen (secondary N) is 1. The molecule has 2 aromatic carbocycles. The van der Waals surface area contributed by atoms with Crippen molar-refractivity contribution in [2.75, 3.05) is 7.11 Å². The molecule has 3 rings (SSSR count). The summed E-state index contributed by atoms with van der Waals surface area (Å²) in [7, 11) is 1.54. The van der Waals surface area contributed by atoms with E-state index in [0.29, 0.717) is 16.9 Å². The smallest absolute Gasteiger partial charge is 0.359 e. The first-order valence-corrected chi connectivity index (χ1v) is 9.27. The number of benzene rings is 2. The second kappa shape index (κ2) is 7.85. The van der Waals surface area contributed by atoms with Gasteiger partial charge in [-0.2, -0.15) is 0 Å². The number of aliphatic carboxylic acids is 1. The highest BCUT2D eigenvalue weighted by Crippen LogP contribution is 2.40. The Labute approximate surface area is 169 Å². The van der Waals surface area contributed by atoms with E-state index in [1.54, 1.807) is 69.3 Å². The molecule has 7 heteroatoms. The maximum Gasteiger partial charge on any atom is 0.359 e. The molecule has 0 aromatic heterocycles. The van der Waals surface area contributed by atoms with Crippen LogP contribution in [-0.2, 0) is 24.8 Å². The predicted molar refractivity (Wildman–Crippen MR) is 105 cm³/mol. The van der Waals surface area contributed by atoms with Crippen molar-refractivity contribution >= 4 is 11.9 Å². The van der Waals surface area contributed by atoms with Crippen molar-refractivity contribution in [2.45, 2.75) is 44.2 Å². The average Bonchev–Trinajstić information content (AvgIpc) is 3.10. The van der Waals surface area contributed by atoms with Crippen LogP contribution in [0.15, 0.2) is 54.6 Å². The number of hydrogen-bond donors (Lipinski definition) is 2. The number of hydrogen-bond acceptors (Lipinski definition) is 6. The fraction of sp³-hybridized carbons (Fsp3) is 0.364. The molecule has 2 aromatic rings. The third-order valence-corrected chi connectivity index (χ3v) is 4.55. The number of carboxylic acid groups (broad SMARTS) is 1. The Kier molecular flexibility index (Phi) is 5.64. The third kappa shape index (κ3) is 4.26. The summed E-state index contributed by atoms with van der Waals surface area (Å²) in [4.78, 5) is 25.2. The van der Waals surface area contributed by atoms with Crippen molar-refractivity contribution in [3.63, 3.8) is 0 Å². The lowest BCUT2D eigenvalue weighted by Gasteiger charge is -2.31. The lowest BCUT2D eigenvalue weighted by atomic mass is 9.99. The third-order valence-electron chi connectivity index (χ3n) is 4.55. The molecule has 0 aliphatic carbocycles. The zero-order valence-corrected chi connectivity index (χ0v) is 16.8. The molecule has 1 heterocycles. The highest BCUT2D eigenvalue weighted by atomic mass is 16.6. The monoisotopic (exact) mass is 399 g/mol. The van der Waals surface area contributed by atoms with Crippen LogP contribution >= 0.6 is 0 Å². The molecule has 3 atom stereocenters. The zero-order chi connectivity index (χ0) is 21.2. The van der Waals surface area contributed by atoms with Gasteiger partial charge in [0.25, 0.3) is 0 Å². The minimum absolute atomic E-state index is 0.428. The van der Waals surface area contributed by atoms with Crippen LogP contribution in [0.3, 0.4) is 0 Å². The van der Waals surface area contributed by atoms with Crippen LogP contribution in [-0.4, -0.2) is 35.9 Å². The molecule has 29 heavy (non-hydrogen) atoms. The van der Waals surface area contributed by atoms with Crippen LogP contribution < -0.4 is 10.1 Å². The van der Waals surface area contributed by atoms with Gasteiger partial charge in [0.05, 0.1) is 13.2 Å². The molecular weight excluding hydrogens is 374 g/mol. The Morgan fingerprint density at radius 2 is 1.69 bits per heavy atom. The molecule has 7 nitrogen and oxygen atoms in total. The van der Waals surface area contributed by atoms with Crippen LogP contribution in [0.4, 0.5) is 0 Å². The molecule has 1 fully saturated rings. The molecule has 0 saturated carbocycles. The van der Waals surface area contributed by atoms with Crippen molar-refractivity contribution in [1.82, 2.24) is 5.32 Å². The first-order valence-electron chi connectivity index (χ1n) is 9.27. The summed E-state index contributed by atoms with van der Waals surface area (Å²) in [6.45, 7) is 5.22. The topological polar surface area (TPSA) is 94.1 Å². The Balaban J connectivity index is 2.09. The Morgan fingerprint density at radius 1 is 1.07 bits per heavy atom. The van der Waals surface area contributed by atoms with E-state index in [0.717, 1.165) is 0 Å². The highest BCUT2D eigenvalue weighted by molar-refractivity contribution is 5.84. The molecule has 1 aliphatic rings. The maximum atomic E-state index is 13.2. The number of carbonyl (C=O) groups is 2. The van der Waals surface area contributed by atoms with Crippen LogP contribution in [0.5, 0.6) is 5.75 Å². The van der Waals surface area contributed by atoms with Gasteiger partial charge in [-0.3, -0.25) is 5.32 Å². The van der Waals surface area contributed by atoms with Crippen LogP contribution in [0.2, 0.25) is 0 Å². The zero-order valence-electron chi connectivity index (χ0n) is 16.8. The van der Waals surface area contributed by atoms with Gasteiger partial charge in [-0.05, 0) is 38.5 Å². The Bertz CT molecular complexity index is 874. The van der Waals surface area contributed by atoms with E-state index in [1.165, 1.54) is 7.11 Å². The molecule has 1 saturated heterocycles. The SMILES string of the molecule is COc1ccc(C2(C(=O)OC(C)(C)C)NC(c3ccccc3)C(C(=O)O)O2)cc1. The minimum Gasteiger partial charge on any atom is -0.497 e. The minimum atomic E-state index is -1.77. The fourth-order valence-corrected chi connectivity index (χ4v) is 3.25. The number of ether oxygens (including phenoxy) is 3. The first-order chi connectivity index (χ1) is 13.7. The van der Waals surface area contributed by atoms with Crippen molar-refractivity contribution in [2.24, 2.45) is 0 Å². The number of carbonyl (C=O) groups excluding carboxylic acids is 1. The molecule has 0 spiro atoms. The van der Waals surface area contributed by atoms with Crippen molar-refractivity contribution in [3.05, 3.63) is 65.7 Å². The Hall–Kier alpha value is -2.90. The van der Waals surface area contributed by atoms with Gasteiger partial charge >= 0.3 is 11.9 Å². The Morgan fingerprint density at radius 3 is 2.21 bits per heavy atom. The van der Waals surface area contributed by atoms with Crippen LogP contribution in [0, 0.1) is 0 Å². The van der Waals surface area contributed by atoms with E-state index in [1.807, 2.05) is 6.07 Å². The van der Waals surface area contributed by atoms with Crippen molar-refractivity contribution in [1.29, 1.82) is 0 Å². The largest absolute Gasteiger partial charge is 0.497 e. The maximum absolute atomic E-state index is 13.2. The quantitative estimate of drug-likeness (QED) is 0.747. The van der Waals surface area contributed by atoms with E-state index in [9.17, 15) is 14.7 Å². The normalized spacial score (nSPS) is 24.1.